The third-order valence-electron chi connectivity index (χ3n) is 3.76. The molecule has 1 fully saturated rings. The first kappa shape index (κ1) is 18.7. The van der Waals surface area contributed by atoms with Gasteiger partial charge in [-0.2, -0.15) is 0 Å². The van der Waals surface area contributed by atoms with Gasteiger partial charge in [0.15, 0.2) is 0 Å². The first-order valence-electron chi connectivity index (χ1n) is 7.45. The molecular formula is C16H25ClN2O3. The second-order valence-corrected chi connectivity index (χ2v) is 5.32. The molecule has 0 spiro atoms. The fourth-order valence-corrected chi connectivity index (χ4v) is 2.56. The summed E-state index contributed by atoms with van der Waals surface area (Å²) >= 11 is 0. The Hall–Kier alpha value is -1.30. The number of morpholine rings is 1. The summed E-state index contributed by atoms with van der Waals surface area (Å²) in [5.74, 6) is 0.815. The van der Waals surface area contributed by atoms with Gasteiger partial charge in [-0.05, 0) is 24.1 Å². The predicted octanol–water partition coefficient (Wildman–Crippen LogP) is 2.14. The van der Waals surface area contributed by atoms with Crippen molar-refractivity contribution in [2.24, 2.45) is 5.73 Å². The van der Waals surface area contributed by atoms with Gasteiger partial charge < -0.3 is 20.1 Å². The van der Waals surface area contributed by atoms with Gasteiger partial charge >= 0.3 is 0 Å². The van der Waals surface area contributed by atoms with Gasteiger partial charge in [0, 0.05) is 6.54 Å². The van der Waals surface area contributed by atoms with Crippen LogP contribution in [0.4, 0.5) is 0 Å². The summed E-state index contributed by atoms with van der Waals surface area (Å²) in [6.45, 7) is 3.72. The second kappa shape index (κ2) is 8.98. The van der Waals surface area contributed by atoms with E-state index in [4.69, 9.17) is 15.2 Å². The van der Waals surface area contributed by atoms with Crippen molar-refractivity contribution in [2.75, 3.05) is 26.8 Å². The van der Waals surface area contributed by atoms with Crippen LogP contribution in [0.25, 0.3) is 0 Å². The fourth-order valence-electron chi connectivity index (χ4n) is 2.56. The monoisotopic (exact) mass is 328 g/mol. The van der Waals surface area contributed by atoms with Gasteiger partial charge in [-0.25, -0.2) is 0 Å². The smallest absolute Gasteiger partial charge is 0.239 e. The van der Waals surface area contributed by atoms with Crippen molar-refractivity contribution in [3.05, 3.63) is 29.8 Å². The number of ether oxygens (including phenoxy) is 2. The van der Waals surface area contributed by atoms with E-state index in [2.05, 4.69) is 0 Å². The summed E-state index contributed by atoms with van der Waals surface area (Å²) in [5, 5.41) is 0. The van der Waals surface area contributed by atoms with Crippen molar-refractivity contribution in [1.29, 1.82) is 0 Å². The van der Waals surface area contributed by atoms with Gasteiger partial charge in [-0.15, -0.1) is 12.4 Å². The summed E-state index contributed by atoms with van der Waals surface area (Å²) in [7, 11) is 1.64. The van der Waals surface area contributed by atoms with Crippen LogP contribution in [0, 0.1) is 0 Å². The maximum atomic E-state index is 12.3. The van der Waals surface area contributed by atoms with Crippen LogP contribution in [0.2, 0.25) is 0 Å². The number of carbonyl (C=O) groups is 1. The van der Waals surface area contributed by atoms with E-state index < -0.39 is 6.04 Å². The fraction of sp³-hybridized carbons (Fsp3) is 0.562. The van der Waals surface area contributed by atoms with E-state index in [-0.39, 0.29) is 24.4 Å². The highest BCUT2D eigenvalue weighted by Crippen LogP contribution is 2.25. The molecule has 2 rings (SSSR count). The van der Waals surface area contributed by atoms with Gasteiger partial charge in [0.05, 0.1) is 26.3 Å². The standard InChI is InChI=1S/C16H24N2O3.ClH/c1-3-5-14(17)16(19)18-8-9-21-15(11-18)12-6-4-7-13(10-12)20-2;/h4,6-7,10,14-15H,3,5,8-9,11,17H2,1-2H3;1H. The van der Waals surface area contributed by atoms with E-state index in [0.29, 0.717) is 19.7 Å². The zero-order valence-electron chi connectivity index (χ0n) is 13.2. The molecule has 0 radical (unpaired) electrons. The lowest BCUT2D eigenvalue weighted by atomic mass is 10.1. The lowest BCUT2D eigenvalue weighted by molar-refractivity contribution is -0.140. The number of carbonyl (C=O) groups excluding carboxylic acids is 1. The highest BCUT2D eigenvalue weighted by atomic mass is 35.5. The number of halogens is 1. The molecule has 1 aliphatic heterocycles. The normalized spacial score (nSPS) is 19.2. The third-order valence-corrected chi connectivity index (χ3v) is 3.76. The Bertz CT molecular complexity index is 484. The zero-order valence-corrected chi connectivity index (χ0v) is 14.0. The Morgan fingerprint density at radius 1 is 1.55 bits per heavy atom. The highest BCUT2D eigenvalue weighted by Gasteiger charge is 2.28. The van der Waals surface area contributed by atoms with Crippen LogP contribution < -0.4 is 10.5 Å². The molecule has 1 aliphatic rings. The molecule has 0 aliphatic carbocycles. The number of rotatable bonds is 5. The molecule has 1 aromatic rings. The summed E-state index contributed by atoms with van der Waals surface area (Å²) in [5.41, 5.74) is 6.96. The van der Waals surface area contributed by atoms with Crippen molar-refractivity contribution in [3.8, 4) is 5.75 Å². The summed E-state index contributed by atoms with van der Waals surface area (Å²) in [6, 6.07) is 7.37. The third kappa shape index (κ3) is 4.60. The number of hydrogen-bond acceptors (Lipinski definition) is 4. The van der Waals surface area contributed by atoms with Crippen LogP contribution in [-0.2, 0) is 9.53 Å². The molecule has 0 aromatic heterocycles. The van der Waals surface area contributed by atoms with Gasteiger partial charge in [-0.3, -0.25) is 4.79 Å². The van der Waals surface area contributed by atoms with Crippen LogP contribution in [-0.4, -0.2) is 43.7 Å². The average molecular weight is 329 g/mol. The van der Waals surface area contributed by atoms with Crippen LogP contribution >= 0.6 is 12.4 Å². The Balaban J connectivity index is 0.00000242. The van der Waals surface area contributed by atoms with E-state index in [0.717, 1.165) is 24.2 Å². The van der Waals surface area contributed by atoms with Crippen molar-refractivity contribution < 1.29 is 14.3 Å². The van der Waals surface area contributed by atoms with E-state index in [1.54, 1.807) is 7.11 Å². The first-order chi connectivity index (χ1) is 10.2. The summed E-state index contributed by atoms with van der Waals surface area (Å²) < 4.78 is 11.0. The second-order valence-electron chi connectivity index (χ2n) is 5.32. The van der Waals surface area contributed by atoms with Crippen LogP contribution in [0.1, 0.15) is 31.4 Å². The molecule has 0 bridgehead atoms. The lowest BCUT2D eigenvalue weighted by Gasteiger charge is -2.34. The Morgan fingerprint density at radius 3 is 3.00 bits per heavy atom. The number of nitrogens with zero attached hydrogens (tertiary/aromatic N) is 1. The molecule has 1 aromatic carbocycles. The summed E-state index contributed by atoms with van der Waals surface area (Å²) in [4.78, 5) is 14.1. The maximum absolute atomic E-state index is 12.3. The average Bonchev–Trinajstić information content (AvgIpc) is 2.54. The molecular weight excluding hydrogens is 304 g/mol. The van der Waals surface area contributed by atoms with Gasteiger partial charge in [0.1, 0.15) is 11.9 Å². The van der Waals surface area contributed by atoms with Crippen LogP contribution in [0.15, 0.2) is 24.3 Å². The largest absolute Gasteiger partial charge is 0.497 e. The molecule has 6 heteroatoms. The first-order valence-corrected chi connectivity index (χ1v) is 7.45. The molecule has 1 amide bonds. The predicted molar refractivity (Wildman–Crippen MR) is 88.4 cm³/mol. The SMILES string of the molecule is CCCC(N)C(=O)N1CCOC(c2cccc(OC)c2)C1.Cl. The van der Waals surface area contributed by atoms with Crippen molar-refractivity contribution in [1.82, 2.24) is 4.90 Å². The minimum absolute atomic E-state index is 0. The van der Waals surface area contributed by atoms with Crippen molar-refractivity contribution in [3.63, 3.8) is 0 Å². The molecule has 1 heterocycles. The van der Waals surface area contributed by atoms with Crippen LogP contribution in [0.5, 0.6) is 5.75 Å². The van der Waals surface area contributed by atoms with Gasteiger partial charge in [0.25, 0.3) is 0 Å². The minimum Gasteiger partial charge on any atom is -0.497 e. The van der Waals surface area contributed by atoms with E-state index in [1.165, 1.54) is 0 Å². The zero-order chi connectivity index (χ0) is 15.2. The molecule has 5 nitrogen and oxygen atoms in total. The quantitative estimate of drug-likeness (QED) is 0.899. The number of benzene rings is 1. The van der Waals surface area contributed by atoms with Gasteiger partial charge in [-0.1, -0.05) is 25.5 Å². The minimum atomic E-state index is -0.404. The van der Waals surface area contributed by atoms with Crippen molar-refractivity contribution in [2.45, 2.75) is 31.9 Å². The number of amides is 1. The molecule has 2 unspecified atom stereocenters. The molecule has 22 heavy (non-hydrogen) atoms. The molecule has 0 saturated carbocycles. The highest BCUT2D eigenvalue weighted by molar-refractivity contribution is 5.85. The Kier molecular flexibility index (Phi) is 7.65. The summed E-state index contributed by atoms with van der Waals surface area (Å²) in [6.07, 6.45) is 1.52. The Morgan fingerprint density at radius 2 is 2.32 bits per heavy atom. The van der Waals surface area contributed by atoms with Crippen molar-refractivity contribution >= 4 is 18.3 Å². The topological polar surface area (TPSA) is 64.8 Å². The molecule has 2 atom stereocenters. The van der Waals surface area contributed by atoms with Crippen LogP contribution in [0.3, 0.4) is 0 Å². The number of methoxy groups -OCH3 is 1. The number of hydrogen-bond donors (Lipinski definition) is 1. The number of nitrogens with two attached hydrogens (primary N) is 1. The van der Waals surface area contributed by atoms with E-state index >= 15 is 0 Å². The lowest BCUT2D eigenvalue weighted by Crippen LogP contribution is -2.49. The molecule has 1 saturated heterocycles. The van der Waals surface area contributed by atoms with E-state index in [9.17, 15) is 4.79 Å². The Labute approximate surface area is 138 Å². The molecule has 124 valence electrons. The van der Waals surface area contributed by atoms with Gasteiger partial charge in [0.2, 0.25) is 5.91 Å². The van der Waals surface area contributed by atoms with E-state index in [1.807, 2.05) is 36.1 Å². The maximum Gasteiger partial charge on any atom is 0.239 e. The molecule has 2 N–H and O–H groups in total.